The molecular weight excluding hydrogens is 316 g/mol. The summed E-state index contributed by atoms with van der Waals surface area (Å²) in [6.45, 7) is 0. The molecule has 0 unspecified atom stereocenters. The number of fused-ring (bicyclic) bond motifs is 1. The second kappa shape index (κ2) is 5.12. The first-order valence-electron chi connectivity index (χ1n) is 6.66. The van der Waals surface area contributed by atoms with Crippen LogP contribution in [0.2, 0.25) is 5.02 Å². The van der Waals surface area contributed by atoms with E-state index >= 15 is 0 Å². The highest BCUT2D eigenvalue weighted by atomic mass is 35.5. The van der Waals surface area contributed by atoms with E-state index < -0.39 is 0 Å². The fourth-order valence-electron chi connectivity index (χ4n) is 2.45. The van der Waals surface area contributed by atoms with Crippen molar-refractivity contribution in [3.63, 3.8) is 0 Å². The second-order valence-electron chi connectivity index (χ2n) is 4.91. The van der Waals surface area contributed by atoms with Crippen LogP contribution in [0.4, 0.5) is 5.13 Å². The predicted octanol–water partition coefficient (Wildman–Crippen LogP) is 4.59. The van der Waals surface area contributed by atoms with Gasteiger partial charge in [-0.25, -0.2) is 4.98 Å². The van der Waals surface area contributed by atoms with Gasteiger partial charge in [-0.15, -0.1) is 0 Å². The molecule has 22 heavy (non-hydrogen) atoms. The second-order valence-corrected chi connectivity index (χ2v) is 6.38. The maximum absolute atomic E-state index is 6.10. The summed E-state index contributed by atoms with van der Waals surface area (Å²) in [4.78, 5) is 5.51. The molecule has 108 valence electrons. The van der Waals surface area contributed by atoms with E-state index in [4.69, 9.17) is 17.3 Å². The first-order chi connectivity index (χ1) is 10.7. The van der Waals surface area contributed by atoms with Gasteiger partial charge < -0.3 is 5.73 Å². The van der Waals surface area contributed by atoms with E-state index in [9.17, 15) is 0 Å². The number of hydrogen-bond donors (Lipinski definition) is 2. The average molecular weight is 327 g/mol. The van der Waals surface area contributed by atoms with Gasteiger partial charge in [0.1, 0.15) is 0 Å². The van der Waals surface area contributed by atoms with Crippen LogP contribution < -0.4 is 5.73 Å². The van der Waals surface area contributed by atoms with Gasteiger partial charge in [0.25, 0.3) is 0 Å². The Kier molecular flexibility index (Phi) is 3.10. The van der Waals surface area contributed by atoms with Gasteiger partial charge in [-0.05, 0) is 29.8 Å². The summed E-state index contributed by atoms with van der Waals surface area (Å²) in [5.74, 6) is 0. The van der Waals surface area contributed by atoms with Crippen LogP contribution in [0.15, 0.2) is 48.7 Å². The maximum atomic E-state index is 6.10. The van der Waals surface area contributed by atoms with Crippen LogP contribution in [0.25, 0.3) is 32.6 Å². The summed E-state index contributed by atoms with van der Waals surface area (Å²) < 4.78 is 0. The quantitative estimate of drug-likeness (QED) is 0.566. The molecule has 4 nitrogen and oxygen atoms in total. The van der Waals surface area contributed by atoms with Crippen molar-refractivity contribution in [2.75, 3.05) is 5.73 Å². The molecule has 0 radical (unpaired) electrons. The van der Waals surface area contributed by atoms with Crippen molar-refractivity contribution in [2.45, 2.75) is 0 Å². The van der Waals surface area contributed by atoms with E-state index in [-0.39, 0.29) is 0 Å². The highest BCUT2D eigenvalue weighted by Crippen LogP contribution is 2.39. The van der Waals surface area contributed by atoms with Crippen molar-refractivity contribution in [3.8, 4) is 21.7 Å². The standard InChI is InChI=1S/C16H11ClN4S/c17-12-3-1-2-9(7-12)14-15(22-16(18)20-14)10-4-5-13-11(6-10)8-19-21-13/h1-8H,(H2,18,20)(H,19,21). The van der Waals surface area contributed by atoms with E-state index in [1.165, 1.54) is 11.3 Å². The van der Waals surface area contributed by atoms with Gasteiger partial charge in [-0.2, -0.15) is 5.10 Å². The molecule has 2 aromatic heterocycles. The molecule has 0 saturated carbocycles. The van der Waals surface area contributed by atoms with E-state index in [1.807, 2.05) is 42.6 Å². The zero-order valence-electron chi connectivity index (χ0n) is 11.4. The van der Waals surface area contributed by atoms with Crippen LogP contribution in [-0.2, 0) is 0 Å². The summed E-state index contributed by atoms with van der Waals surface area (Å²) >= 11 is 7.57. The fourth-order valence-corrected chi connectivity index (χ4v) is 3.49. The monoisotopic (exact) mass is 326 g/mol. The van der Waals surface area contributed by atoms with Gasteiger partial charge in [0, 0.05) is 16.0 Å². The number of hydrogen-bond acceptors (Lipinski definition) is 4. The molecule has 0 aliphatic carbocycles. The summed E-state index contributed by atoms with van der Waals surface area (Å²) in [5, 5.41) is 9.28. The molecule has 4 aromatic rings. The van der Waals surface area contributed by atoms with Crippen LogP contribution in [0.5, 0.6) is 0 Å². The van der Waals surface area contributed by atoms with Crippen LogP contribution in [0, 0.1) is 0 Å². The number of H-pyrrole nitrogens is 1. The number of rotatable bonds is 2. The molecule has 2 heterocycles. The normalized spacial score (nSPS) is 11.1. The lowest BCUT2D eigenvalue weighted by atomic mass is 10.1. The topological polar surface area (TPSA) is 67.6 Å². The minimum absolute atomic E-state index is 0.539. The number of nitrogens with one attached hydrogen (secondary N) is 1. The van der Waals surface area contributed by atoms with Crippen LogP contribution in [0.1, 0.15) is 0 Å². The molecule has 0 atom stereocenters. The Labute approximate surface area is 135 Å². The molecule has 0 spiro atoms. The molecule has 0 aliphatic rings. The molecule has 3 N–H and O–H groups in total. The minimum Gasteiger partial charge on any atom is -0.375 e. The number of aromatic nitrogens is 3. The Hall–Kier alpha value is -2.37. The van der Waals surface area contributed by atoms with Gasteiger partial charge in [0.2, 0.25) is 0 Å². The first kappa shape index (κ1) is 13.3. The third kappa shape index (κ3) is 2.24. The molecule has 0 aliphatic heterocycles. The third-order valence-electron chi connectivity index (χ3n) is 3.44. The lowest BCUT2D eigenvalue weighted by molar-refractivity contribution is 1.12. The van der Waals surface area contributed by atoms with Gasteiger partial charge >= 0.3 is 0 Å². The Morgan fingerprint density at radius 2 is 2.00 bits per heavy atom. The zero-order chi connectivity index (χ0) is 15.1. The Morgan fingerprint density at radius 1 is 1.09 bits per heavy atom. The van der Waals surface area contributed by atoms with Crippen molar-refractivity contribution in [1.82, 2.24) is 15.2 Å². The van der Waals surface area contributed by atoms with E-state index in [1.54, 1.807) is 0 Å². The number of nitrogens with zero attached hydrogens (tertiary/aromatic N) is 2. The van der Waals surface area contributed by atoms with E-state index in [2.05, 4.69) is 21.2 Å². The molecule has 0 bridgehead atoms. The Morgan fingerprint density at radius 3 is 2.86 bits per heavy atom. The molecule has 4 rings (SSSR count). The summed E-state index contributed by atoms with van der Waals surface area (Å²) in [6.07, 6.45) is 1.81. The van der Waals surface area contributed by atoms with Crippen LogP contribution in [0.3, 0.4) is 0 Å². The van der Waals surface area contributed by atoms with E-state index in [0.29, 0.717) is 10.2 Å². The number of thiazole rings is 1. The first-order valence-corrected chi connectivity index (χ1v) is 7.86. The summed E-state index contributed by atoms with van der Waals surface area (Å²) in [7, 11) is 0. The van der Waals surface area contributed by atoms with E-state index in [0.717, 1.165) is 32.6 Å². The number of anilines is 1. The molecule has 0 fully saturated rings. The zero-order valence-corrected chi connectivity index (χ0v) is 12.9. The smallest absolute Gasteiger partial charge is 0.181 e. The van der Waals surface area contributed by atoms with Gasteiger partial charge in [-0.1, -0.05) is 41.1 Å². The largest absolute Gasteiger partial charge is 0.375 e. The molecular formula is C16H11ClN4S. The fraction of sp³-hybridized carbons (Fsp3) is 0. The lowest BCUT2D eigenvalue weighted by Crippen LogP contribution is -1.84. The van der Waals surface area contributed by atoms with Gasteiger partial charge in [-0.3, -0.25) is 5.10 Å². The Bertz CT molecular complexity index is 973. The minimum atomic E-state index is 0.539. The number of benzene rings is 2. The number of halogens is 1. The predicted molar refractivity (Wildman–Crippen MR) is 92.1 cm³/mol. The number of nitrogen functional groups attached to an aromatic ring is 1. The average Bonchev–Trinajstić information content (AvgIpc) is 3.12. The van der Waals surface area contributed by atoms with Gasteiger partial charge in [0.05, 0.1) is 22.3 Å². The van der Waals surface area contributed by atoms with Crippen molar-refractivity contribution in [1.29, 1.82) is 0 Å². The molecule has 0 amide bonds. The van der Waals surface area contributed by atoms with Crippen LogP contribution >= 0.6 is 22.9 Å². The van der Waals surface area contributed by atoms with Gasteiger partial charge in [0.15, 0.2) is 5.13 Å². The van der Waals surface area contributed by atoms with Crippen molar-refractivity contribution >= 4 is 39.0 Å². The van der Waals surface area contributed by atoms with Crippen molar-refractivity contribution in [2.24, 2.45) is 0 Å². The summed E-state index contributed by atoms with van der Waals surface area (Å²) in [5.41, 5.74) is 9.83. The lowest BCUT2D eigenvalue weighted by Gasteiger charge is -2.03. The van der Waals surface area contributed by atoms with Crippen molar-refractivity contribution < 1.29 is 0 Å². The Balaban J connectivity index is 1.91. The third-order valence-corrected chi connectivity index (χ3v) is 4.61. The highest BCUT2D eigenvalue weighted by Gasteiger charge is 2.14. The molecule has 0 saturated heterocycles. The number of aromatic amines is 1. The molecule has 2 aromatic carbocycles. The highest BCUT2D eigenvalue weighted by molar-refractivity contribution is 7.19. The number of nitrogens with two attached hydrogens (primary N) is 1. The molecule has 6 heteroatoms. The van der Waals surface area contributed by atoms with Crippen LogP contribution in [-0.4, -0.2) is 15.2 Å². The van der Waals surface area contributed by atoms with Crippen molar-refractivity contribution in [3.05, 3.63) is 53.7 Å². The summed E-state index contributed by atoms with van der Waals surface area (Å²) in [6, 6.07) is 13.8. The SMILES string of the molecule is Nc1nc(-c2cccc(Cl)c2)c(-c2ccc3[nH]ncc3c2)s1. The maximum Gasteiger partial charge on any atom is 0.181 e.